The van der Waals surface area contributed by atoms with Gasteiger partial charge in [0.25, 0.3) is 0 Å². The summed E-state index contributed by atoms with van der Waals surface area (Å²) in [5.74, 6) is 2.21. The first-order valence-corrected chi connectivity index (χ1v) is 2.69. The molecule has 1 rings (SSSR count). The van der Waals surface area contributed by atoms with Gasteiger partial charge >= 0.3 is 0 Å². The molecule has 50 valence electrons. The van der Waals surface area contributed by atoms with Crippen LogP contribution in [-0.4, -0.2) is 35.1 Å². The van der Waals surface area contributed by atoms with Gasteiger partial charge in [-0.15, -0.1) is 6.42 Å². The summed E-state index contributed by atoms with van der Waals surface area (Å²) in [4.78, 5) is 0. The van der Waals surface area contributed by atoms with Gasteiger partial charge in [0.05, 0.1) is 6.61 Å². The Balaban J connectivity index is 2.54. The summed E-state index contributed by atoms with van der Waals surface area (Å²) in [5.41, 5.74) is 0. The summed E-state index contributed by atoms with van der Waals surface area (Å²) in [6, 6.07) is 0. The van der Waals surface area contributed by atoms with Gasteiger partial charge in [-0.1, -0.05) is 5.92 Å². The Morgan fingerprint density at radius 2 is 2.22 bits per heavy atom. The number of hydrogen-bond acceptors (Lipinski definition) is 3. The largest absolute Gasteiger partial charge is 0.388 e. The third-order valence-corrected chi connectivity index (χ3v) is 1.32. The van der Waals surface area contributed by atoms with Crippen molar-refractivity contribution in [3.63, 3.8) is 0 Å². The van der Waals surface area contributed by atoms with Gasteiger partial charge in [-0.05, 0) is 0 Å². The molecule has 0 aromatic heterocycles. The maximum absolute atomic E-state index is 8.94. The highest BCUT2D eigenvalue weighted by Gasteiger charge is 2.32. The van der Waals surface area contributed by atoms with Crippen LogP contribution in [0.15, 0.2) is 0 Å². The van der Waals surface area contributed by atoms with E-state index in [0.717, 1.165) is 0 Å². The van der Waals surface area contributed by atoms with Crippen LogP contribution in [-0.2, 0) is 4.74 Å². The fourth-order valence-electron chi connectivity index (χ4n) is 0.748. The van der Waals surface area contributed by atoms with E-state index in [1.807, 2.05) is 0 Å². The van der Waals surface area contributed by atoms with Crippen molar-refractivity contribution in [3.8, 4) is 12.3 Å². The molecule has 3 nitrogen and oxygen atoms in total. The fourth-order valence-corrected chi connectivity index (χ4v) is 0.748. The van der Waals surface area contributed by atoms with E-state index < -0.39 is 18.3 Å². The Morgan fingerprint density at radius 3 is 2.44 bits per heavy atom. The topological polar surface area (TPSA) is 49.7 Å². The Labute approximate surface area is 53.3 Å². The minimum absolute atomic E-state index is 0.135. The van der Waals surface area contributed by atoms with Gasteiger partial charge in [0.15, 0.2) is 0 Å². The number of aliphatic hydroxyl groups excluding tert-OH is 2. The molecule has 0 amide bonds. The van der Waals surface area contributed by atoms with Crippen LogP contribution in [0, 0.1) is 12.3 Å². The average molecular weight is 128 g/mol. The van der Waals surface area contributed by atoms with E-state index in [-0.39, 0.29) is 6.61 Å². The number of terminal acetylenes is 1. The van der Waals surface area contributed by atoms with Crippen LogP contribution in [0.4, 0.5) is 0 Å². The van der Waals surface area contributed by atoms with Gasteiger partial charge < -0.3 is 14.9 Å². The minimum atomic E-state index is -0.907. The summed E-state index contributed by atoms with van der Waals surface area (Å²) in [6.07, 6.45) is 2.59. The van der Waals surface area contributed by atoms with Crippen LogP contribution < -0.4 is 0 Å². The Hall–Kier alpha value is -0.560. The molecule has 0 radical (unpaired) electrons. The van der Waals surface area contributed by atoms with Crippen molar-refractivity contribution >= 4 is 0 Å². The molecule has 1 saturated heterocycles. The molecule has 9 heavy (non-hydrogen) atoms. The third-order valence-electron chi connectivity index (χ3n) is 1.32. The molecular weight excluding hydrogens is 120 g/mol. The lowest BCUT2D eigenvalue weighted by molar-refractivity contribution is 0.0447. The Morgan fingerprint density at radius 1 is 1.56 bits per heavy atom. The minimum Gasteiger partial charge on any atom is -0.388 e. The molecule has 3 atom stereocenters. The zero-order valence-electron chi connectivity index (χ0n) is 4.82. The predicted octanol–water partition coefficient (Wildman–Crippen LogP) is -1.26. The van der Waals surface area contributed by atoms with E-state index in [9.17, 15) is 0 Å². The van der Waals surface area contributed by atoms with Gasteiger partial charge in [0, 0.05) is 0 Å². The molecule has 0 aromatic carbocycles. The monoisotopic (exact) mass is 128 g/mol. The SMILES string of the molecule is C#CC1OCC(O)C1O. The number of ether oxygens (including phenoxy) is 1. The number of hydrogen-bond donors (Lipinski definition) is 2. The summed E-state index contributed by atoms with van der Waals surface area (Å²) >= 11 is 0. The number of aliphatic hydroxyl groups is 2. The highest BCUT2D eigenvalue weighted by atomic mass is 16.5. The van der Waals surface area contributed by atoms with Crippen molar-refractivity contribution in [2.75, 3.05) is 6.61 Å². The van der Waals surface area contributed by atoms with Crippen LogP contribution in [0.25, 0.3) is 0 Å². The second kappa shape index (κ2) is 2.36. The van der Waals surface area contributed by atoms with E-state index in [4.69, 9.17) is 21.4 Å². The molecule has 0 aromatic rings. The lowest BCUT2D eigenvalue weighted by atomic mass is 10.2. The lowest BCUT2D eigenvalue weighted by Gasteiger charge is -2.06. The number of rotatable bonds is 0. The molecular formula is C6H8O3. The van der Waals surface area contributed by atoms with Crippen molar-refractivity contribution < 1.29 is 14.9 Å². The maximum atomic E-state index is 8.94. The van der Waals surface area contributed by atoms with Gasteiger partial charge in [0.1, 0.15) is 18.3 Å². The molecule has 0 aliphatic carbocycles. The summed E-state index contributed by atoms with van der Waals surface area (Å²) in [7, 11) is 0. The van der Waals surface area contributed by atoms with Gasteiger partial charge in [-0.25, -0.2) is 0 Å². The molecule has 0 bridgehead atoms. The summed E-state index contributed by atoms with van der Waals surface area (Å²) < 4.78 is 4.79. The summed E-state index contributed by atoms with van der Waals surface area (Å²) in [5, 5.41) is 17.8. The molecule has 1 aliphatic rings. The quantitative estimate of drug-likeness (QED) is 0.400. The smallest absolute Gasteiger partial charge is 0.146 e. The van der Waals surface area contributed by atoms with Crippen molar-refractivity contribution in [2.24, 2.45) is 0 Å². The zero-order valence-corrected chi connectivity index (χ0v) is 4.82. The van der Waals surface area contributed by atoms with Gasteiger partial charge in [-0.2, -0.15) is 0 Å². The van der Waals surface area contributed by atoms with Crippen molar-refractivity contribution in [1.29, 1.82) is 0 Å². The normalized spacial score (nSPS) is 42.6. The molecule has 1 aliphatic heterocycles. The lowest BCUT2D eigenvalue weighted by Crippen LogP contribution is -2.28. The first-order chi connectivity index (χ1) is 4.25. The predicted molar refractivity (Wildman–Crippen MR) is 30.6 cm³/mol. The zero-order chi connectivity index (χ0) is 6.85. The first-order valence-electron chi connectivity index (χ1n) is 2.69. The van der Waals surface area contributed by atoms with E-state index in [2.05, 4.69) is 5.92 Å². The Bertz CT molecular complexity index is 138. The molecule has 3 unspecified atom stereocenters. The van der Waals surface area contributed by atoms with Crippen LogP contribution in [0.5, 0.6) is 0 Å². The molecule has 2 N–H and O–H groups in total. The molecule has 3 heteroatoms. The standard InChI is InChI=1S/C6H8O3/c1-2-5-6(8)4(7)3-9-5/h1,4-8H,3H2. The van der Waals surface area contributed by atoms with Crippen molar-refractivity contribution in [1.82, 2.24) is 0 Å². The van der Waals surface area contributed by atoms with Crippen molar-refractivity contribution in [2.45, 2.75) is 18.3 Å². The second-order valence-electron chi connectivity index (χ2n) is 1.98. The molecule has 0 saturated carbocycles. The van der Waals surface area contributed by atoms with E-state index in [0.29, 0.717) is 0 Å². The molecule has 0 spiro atoms. The van der Waals surface area contributed by atoms with Crippen LogP contribution in [0.1, 0.15) is 0 Å². The van der Waals surface area contributed by atoms with E-state index >= 15 is 0 Å². The highest BCUT2D eigenvalue weighted by Crippen LogP contribution is 2.12. The van der Waals surface area contributed by atoms with Crippen LogP contribution in [0.2, 0.25) is 0 Å². The molecule has 1 heterocycles. The first kappa shape index (κ1) is 6.56. The van der Waals surface area contributed by atoms with Crippen LogP contribution >= 0.6 is 0 Å². The average Bonchev–Trinajstić information content (AvgIpc) is 2.15. The van der Waals surface area contributed by atoms with Gasteiger partial charge in [0.2, 0.25) is 0 Å². The maximum Gasteiger partial charge on any atom is 0.146 e. The van der Waals surface area contributed by atoms with E-state index in [1.54, 1.807) is 0 Å². The van der Waals surface area contributed by atoms with Gasteiger partial charge in [-0.3, -0.25) is 0 Å². The van der Waals surface area contributed by atoms with E-state index in [1.165, 1.54) is 0 Å². The third kappa shape index (κ3) is 1.06. The van der Waals surface area contributed by atoms with Crippen LogP contribution in [0.3, 0.4) is 0 Å². The highest BCUT2D eigenvalue weighted by molar-refractivity contribution is 5.03. The Kier molecular flexibility index (Phi) is 1.72. The fraction of sp³-hybridized carbons (Fsp3) is 0.667. The summed E-state index contributed by atoms with van der Waals surface area (Å²) in [6.45, 7) is 0.135. The van der Waals surface area contributed by atoms with Crippen molar-refractivity contribution in [3.05, 3.63) is 0 Å². The second-order valence-corrected chi connectivity index (χ2v) is 1.98. The molecule has 1 fully saturated rings.